The second kappa shape index (κ2) is 8.29. The SMILES string of the molecule is COc1ccc([C@H](NC(=O)CN2CCc3ccccc3C2)C2CC(O)C2)cn1. The summed E-state index contributed by atoms with van der Waals surface area (Å²) in [6.07, 6.45) is 3.87. The zero-order valence-corrected chi connectivity index (χ0v) is 16.2. The van der Waals surface area contributed by atoms with Gasteiger partial charge in [0.15, 0.2) is 0 Å². The molecule has 2 N–H and O–H groups in total. The molecule has 0 bridgehead atoms. The van der Waals surface area contributed by atoms with E-state index in [1.54, 1.807) is 13.3 Å². The van der Waals surface area contributed by atoms with E-state index >= 15 is 0 Å². The van der Waals surface area contributed by atoms with Gasteiger partial charge < -0.3 is 15.2 Å². The van der Waals surface area contributed by atoms with Crippen molar-refractivity contribution in [3.05, 3.63) is 59.3 Å². The Bertz CT molecular complexity index is 818. The van der Waals surface area contributed by atoms with Gasteiger partial charge in [0.1, 0.15) is 0 Å². The zero-order chi connectivity index (χ0) is 19.5. The van der Waals surface area contributed by atoms with Gasteiger partial charge in [-0.2, -0.15) is 0 Å². The van der Waals surface area contributed by atoms with E-state index in [9.17, 15) is 9.90 Å². The van der Waals surface area contributed by atoms with Crippen LogP contribution in [0.4, 0.5) is 0 Å². The Morgan fingerprint density at radius 1 is 1.29 bits per heavy atom. The van der Waals surface area contributed by atoms with Crippen molar-refractivity contribution >= 4 is 5.91 Å². The molecule has 1 saturated carbocycles. The maximum absolute atomic E-state index is 12.8. The number of carbonyl (C=O) groups is 1. The van der Waals surface area contributed by atoms with Crippen molar-refractivity contribution in [2.45, 2.75) is 38.0 Å². The van der Waals surface area contributed by atoms with Gasteiger partial charge in [0, 0.05) is 25.4 Å². The van der Waals surface area contributed by atoms with Crippen LogP contribution >= 0.6 is 0 Å². The third kappa shape index (κ3) is 4.18. The number of aromatic nitrogens is 1. The molecule has 1 aromatic heterocycles. The summed E-state index contributed by atoms with van der Waals surface area (Å²) in [5, 5.41) is 12.9. The number of rotatable bonds is 6. The van der Waals surface area contributed by atoms with E-state index in [-0.39, 0.29) is 24.0 Å². The minimum atomic E-state index is -0.269. The standard InChI is InChI=1S/C22H27N3O3/c1-28-21-7-6-16(12-23-21)22(18-10-19(26)11-18)24-20(27)14-25-9-8-15-4-2-3-5-17(15)13-25/h2-7,12,18-19,22,26H,8-11,13-14H2,1H3,(H,24,27)/t18?,19?,22-/m0/s1. The van der Waals surface area contributed by atoms with Gasteiger partial charge in [-0.15, -0.1) is 0 Å². The Morgan fingerprint density at radius 2 is 2.07 bits per heavy atom. The fourth-order valence-electron chi connectivity index (χ4n) is 4.18. The molecule has 1 atom stereocenters. The van der Waals surface area contributed by atoms with Gasteiger partial charge in [0.05, 0.1) is 25.8 Å². The van der Waals surface area contributed by atoms with Crippen LogP contribution in [-0.2, 0) is 17.8 Å². The molecule has 0 unspecified atom stereocenters. The number of nitrogens with one attached hydrogen (secondary N) is 1. The van der Waals surface area contributed by atoms with Crippen molar-refractivity contribution in [3.63, 3.8) is 0 Å². The van der Waals surface area contributed by atoms with E-state index in [0.717, 1.165) is 25.1 Å². The lowest BCUT2D eigenvalue weighted by Gasteiger charge is -2.38. The van der Waals surface area contributed by atoms with E-state index in [0.29, 0.717) is 25.3 Å². The minimum Gasteiger partial charge on any atom is -0.481 e. The van der Waals surface area contributed by atoms with E-state index in [1.165, 1.54) is 11.1 Å². The summed E-state index contributed by atoms with van der Waals surface area (Å²) < 4.78 is 5.13. The van der Waals surface area contributed by atoms with Crippen molar-refractivity contribution in [2.24, 2.45) is 5.92 Å². The Hall–Kier alpha value is -2.44. The molecule has 2 heterocycles. The van der Waals surface area contributed by atoms with Crippen molar-refractivity contribution in [1.82, 2.24) is 15.2 Å². The number of hydrogen-bond acceptors (Lipinski definition) is 5. The zero-order valence-electron chi connectivity index (χ0n) is 16.2. The fourth-order valence-corrected chi connectivity index (χ4v) is 4.18. The number of carbonyl (C=O) groups excluding carboxylic acids is 1. The van der Waals surface area contributed by atoms with Crippen LogP contribution in [0.1, 0.15) is 35.6 Å². The average Bonchev–Trinajstić information content (AvgIpc) is 2.70. The van der Waals surface area contributed by atoms with Gasteiger partial charge in [-0.25, -0.2) is 4.98 Å². The molecule has 1 fully saturated rings. The third-order valence-electron chi connectivity index (χ3n) is 5.84. The molecule has 6 nitrogen and oxygen atoms in total. The number of amides is 1. The van der Waals surface area contributed by atoms with E-state index < -0.39 is 0 Å². The molecule has 28 heavy (non-hydrogen) atoms. The number of pyridine rings is 1. The largest absolute Gasteiger partial charge is 0.481 e. The molecular weight excluding hydrogens is 354 g/mol. The molecular formula is C22H27N3O3. The van der Waals surface area contributed by atoms with Gasteiger partial charge >= 0.3 is 0 Å². The predicted octanol–water partition coefficient (Wildman–Crippen LogP) is 2.08. The topological polar surface area (TPSA) is 74.7 Å². The molecule has 1 amide bonds. The number of benzene rings is 1. The van der Waals surface area contributed by atoms with Crippen LogP contribution in [0.15, 0.2) is 42.6 Å². The summed E-state index contributed by atoms with van der Waals surface area (Å²) in [7, 11) is 1.58. The number of hydrogen-bond donors (Lipinski definition) is 2. The molecule has 2 aromatic rings. The Morgan fingerprint density at radius 3 is 2.75 bits per heavy atom. The summed E-state index contributed by atoms with van der Waals surface area (Å²) in [4.78, 5) is 19.3. The van der Waals surface area contributed by atoms with Crippen LogP contribution in [-0.4, -0.2) is 47.2 Å². The lowest BCUT2D eigenvalue weighted by Crippen LogP contribution is -2.45. The number of fused-ring (bicyclic) bond motifs is 1. The highest BCUT2D eigenvalue weighted by molar-refractivity contribution is 5.78. The van der Waals surface area contributed by atoms with Crippen LogP contribution in [0, 0.1) is 5.92 Å². The highest BCUT2D eigenvalue weighted by Gasteiger charge is 2.36. The monoisotopic (exact) mass is 381 g/mol. The molecule has 1 aliphatic carbocycles. The smallest absolute Gasteiger partial charge is 0.234 e. The van der Waals surface area contributed by atoms with Crippen LogP contribution in [0.25, 0.3) is 0 Å². The number of ether oxygens (including phenoxy) is 1. The Kier molecular flexibility index (Phi) is 5.59. The van der Waals surface area contributed by atoms with Crippen LogP contribution in [0.2, 0.25) is 0 Å². The van der Waals surface area contributed by atoms with Crippen molar-refractivity contribution in [3.8, 4) is 5.88 Å². The normalized spacial score (nSPS) is 22.6. The lowest BCUT2D eigenvalue weighted by atomic mass is 9.75. The number of methoxy groups -OCH3 is 1. The summed E-state index contributed by atoms with van der Waals surface area (Å²) in [5.41, 5.74) is 3.64. The first-order valence-electron chi connectivity index (χ1n) is 9.89. The molecule has 1 aliphatic heterocycles. The first-order valence-corrected chi connectivity index (χ1v) is 9.89. The summed E-state index contributed by atoms with van der Waals surface area (Å²) >= 11 is 0. The van der Waals surface area contributed by atoms with Crippen LogP contribution in [0.3, 0.4) is 0 Å². The highest BCUT2D eigenvalue weighted by Crippen LogP contribution is 2.38. The van der Waals surface area contributed by atoms with Gasteiger partial charge in [0.25, 0.3) is 0 Å². The van der Waals surface area contributed by atoms with Crippen LogP contribution in [0.5, 0.6) is 5.88 Å². The fraction of sp³-hybridized carbons (Fsp3) is 0.455. The van der Waals surface area contributed by atoms with Crippen molar-refractivity contribution < 1.29 is 14.6 Å². The summed E-state index contributed by atoms with van der Waals surface area (Å²) in [6, 6.07) is 12.1. The molecule has 0 saturated heterocycles. The molecule has 6 heteroatoms. The molecule has 2 aliphatic rings. The third-order valence-corrected chi connectivity index (χ3v) is 5.84. The number of aliphatic hydroxyl groups excluding tert-OH is 1. The quantitative estimate of drug-likeness (QED) is 0.801. The van der Waals surface area contributed by atoms with Gasteiger partial charge in [-0.05, 0) is 41.9 Å². The average molecular weight is 381 g/mol. The van der Waals surface area contributed by atoms with Gasteiger partial charge in [-0.1, -0.05) is 30.3 Å². The van der Waals surface area contributed by atoms with Gasteiger partial charge in [-0.3, -0.25) is 9.69 Å². The summed E-state index contributed by atoms with van der Waals surface area (Å²) in [5.74, 6) is 0.798. The first-order chi connectivity index (χ1) is 13.6. The Balaban J connectivity index is 1.41. The second-order valence-electron chi connectivity index (χ2n) is 7.79. The Labute approximate surface area is 165 Å². The minimum absolute atomic E-state index is 0.0154. The molecule has 148 valence electrons. The van der Waals surface area contributed by atoms with Crippen molar-refractivity contribution in [1.29, 1.82) is 0 Å². The molecule has 0 radical (unpaired) electrons. The maximum atomic E-state index is 12.8. The number of aliphatic hydroxyl groups is 1. The molecule has 4 rings (SSSR count). The van der Waals surface area contributed by atoms with E-state index in [1.807, 2.05) is 12.1 Å². The highest BCUT2D eigenvalue weighted by atomic mass is 16.5. The van der Waals surface area contributed by atoms with E-state index in [4.69, 9.17) is 4.74 Å². The van der Waals surface area contributed by atoms with Crippen LogP contribution < -0.4 is 10.1 Å². The van der Waals surface area contributed by atoms with E-state index in [2.05, 4.69) is 39.5 Å². The number of nitrogens with zero attached hydrogens (tertiary/aromatic N) is 2. The van der Waals surface area contributed by atoms with Crippen molar-refractivity contribution in [2.75, 3.05) is 20.2 Å². The van der Waals surface area contributed by atoms with Gasteiger partial charge in [0.2, 0.25) is 11.8 Å². The maximum Gasteiger partial charge on any atom is 0.234 e. The first kappa shape index (κ1) is 18.9. The second-order valence-corrected chi connectivity index (χ2v) is 7.79. The summed E-state index contributed by atoms with van der Waals surface area (Å²) in [6.45, 7) is 2.07. The molecule has 0 spiro atoms. The predicted molar refractivity (Wildman–Crippen MR) is 106 cm³/mol. The lowest BCUT2D eigenvalue weighted by molar-refractivity contribution is -0.124. The molecule has 1 aromatic carbocycles.